The number of ether oxygens (including phenoxy) is 1. The minimum atomic E-state index is -0.0724. The van der Waals surface area contributed by atoms with Crippen LogP contribution < -0.4 is 14.5 Å². The summed E-state index contributed by atoms with van der Waals surface area (Å²) < 4.78 is 5.22. The molecular weight excluding hydrogens is 354 g/mol. The van der Waals surface area contributed by atoms with Crippen molar-refractivity contribution in [2.24, 2.45) is 0 Å². The number of anilines is 2. The zero-order valence-corrected chi connectivity index (χ0v) is 17.0. The Morgan fingerprint density at radius 1 is 1.04 bits per heavy atom. The topological polar surface area (TPSA) is 61.8 Å². The monoisotopic (exact) mass is 383 g/mol. The Kier molecular flexibility index (Phi) is 6.68. The first-order chi connectivity index (χ1) is 13.6. The van der Waals surface area contributed by atoms with Crippen LogP contribution in [0.1, 0.15) is 30.3 Å². The van der Waals surface area contributed by atoms with E-state index < -0.39 is 0 Å². The normalized spacial score (nSPS) is 14.1. The van der Waals surface area contributed by atoms with Gasteiger partial charge in [0.05, 0.1) is 7.11 Å². The van der Waals surface area contributed by atoms with Crippen molar-refractivity contribution in [2.75, 3.05) is 56.7 Å². The molecule has 1 aromatic heterocycles. The van der Waals surface area contributed by atoms with Crippen molar-refractivity contribution in [1.29, 1.82) is 0 Å². The van der Waals surface area contributed by atoms with Gasteiger partial charge in [-0.2, -0.15) is 0 Å². The average Bonchev–Trinajstić information content (AvgIpc) is 2.77. The van der Waals surface area contributed by atoms with E-state index in [0.29, 0.717) is 5.69 Å². The summed E-state index contributed by atoms with van der Waals surface area (Å²) in [6.45, 7) is 6.41. The molecule has 0 spiro atoms. The molecule has 1 aliphatic rings. The molecule has 0 radical (unpaired) electrons. The lowest BCUT2D eigenvalue weighted by Gasteiger charge is -2.36. The van der Waals surface area contributed by atoms with Crippen LogP contribution in [0.15, 0.2) is 36.4 Å². The van der Waals surface area contributed by atoms with Gasteiger partial charge in [0.25, 0.3) is 5.91 Å². The second-order valence-electron chi connectivity index (χ2n) is 7.03. The van der Waals surface area contributed by atoms with E-state index in [1.807, 2.05) is 25.2 Å². The van der Waals surface area contributed by atoms with Crippen LogP contribution in [0, 0.1) is 0 Å². The van der Waals surface area contributed by atoms with Gasteiger partial charge in [-0.3, -0.25) is 4.79 Å². The molecule has 0 unspecified atom stereocenters. The van der Waals surface area contributed by atoms with Crippen molar-refractivity contribution in [1.82, 2.24) is 15.1 Å². The van der Waals surface area contributed by atoms with Gasteiger partial charge in [-0.25, -0.2) is 0 Å². The van der Waals surface area contributed by atoms with Crippen molar-refractivity contribution in [3.05, 3.63) is 42.1 Å². The van der Waals surface area contributed by atoms with E-state index >= 15 is 0 Å². The first-order valence-corrected chi connectivity index (χ1v) is 9.85. The fourth-order valence-electron chi connectivity index (χ4n) is 3.29. The highest BCUT2D eigenvalue weighted by atomic mass is 16.5. The first-order valence-electron chi connectivity index (χ1n) is 9.85. The van der Waals surface area contributed by atoms with Gasteiger partial charge in [0.15, 0.2) is 11.5 Å². The zero-order chi connectivity index (χ0) is 19.9. The Morgan fingerprint density at radius 2 is 1.71 bits per heavy atom. The van der Waals surface area contributed by atoms with Crippen LogP contribution in [0.2, 0.25) is 0 Å². The van der Waals surface area contributed by atoms with Crippen LogP contribution in [-0.2, 0) is 0 Å². The zero-order valence-electron chi connectivity index (χ0n) is 17.0. The third-order valence-corrected chi connectivity index (χ3v) is 5.10. The summed E-state index contributed by atoms with van der Waals surface area (Å²) in [5.41, 5.74) is 1.60. The molecule has 0 bridgehead atoms. The van der Waals surface area contributed by atoms with E-state index in [1.54, 1.807) is 18.1 Å². The summed E-state index contributed by atoms with van der Waals surface area (Å²) in [5, 5.41) is 8.47. The fraction of sp³-hybridized carbons (Fsp3) is 0.476. The fourth-order valence-corrected chi connectivity index (χ4v) is 3.29. The highest BCUT2D eigenvalue weighted by molar-refractivity contribution is 5.92. The van der Waals surface area contributed by atoms with Crippen LogP contribution in [0.25, 0.3) is 0 Å². The van der Waals surface area contributed by atoms with Gasteiger partial charge in [-0.1, -0.05) is 13.3 Å². The van der Waals surface area contributed by atoms with Gasteiger partial charge in [0.2, 0.25) is 0 Å². The predicted octanol–water partition coefficient (Wildman–Crippen LogP) is 2.68. The molecule has 1 aromatic carbocycles. The number of hydrogen-bond donors (Lipinski definition) is 0. The van der Waals surface area contributed by atoms with Gasteiger partial charge in [-0.15, -0.1) is 10.2 Å². The lowest BCUT2D eigenvalue weighted by Crippen LogP contribution is -2.47. The van der Waals surface area contributed by atoms with Crippen LogP contribution in [0.5, 0.6) is 5.75 Å². The third kappa shape index (κ3) is 4.71. The maximum atomic E-state index is 12.4. The van der Waals surface area contributed by atoms with Gasteiger partial charge in [0, 0.05) is 45.5 Å². The Hall–Kier alpha value is -2.83. The molecule has 3 rings (SSSR count). The molecule has 1 saturated heterocycles. The molecule has 1 amide bonds. The van der Waals surface area contributed by atoms with Crippen molar-refractivity contribution in [3.8, 4) is 5.75 Å². The largest absolute Gasteiger partial charge is 0.497 e. The molecule has 7 nitrogen and oxygen atoms in total. The summed E-state index contributed by atoms with van der Waals surface area (Å²) in [6.07, 6.45) is 2.05. The molecule has 0 saturated carbocycles. The van der Waals surface area contributed by atoms with E-state index in [1.165, 1.54) is 5.69 Å². The van der Waals surface area contributed by atoms with E-state index in [0.717, 1.165) is 57.1 Å². The second kappa shape index (κ2) is 9.39. The lowest BCUT2D eigenvalue weighted by atomic mass is 10.2. The van der Waals surface area contributed by atoms with Crippen LogP contribution in [-0.4, -0.2) is 67.9 Å². The molecule has 7 heteroatoms. The Labute approximate surface area is 166 Å². The number of nitrogens with zero attached hydrogens (tertiary/aromatic N) is 5. The van der Waals surface area contributed by atoms with Crippen molar-refractivity contribution in [2.45, 2.75) is 19.8 Å². The molecule has 0 aliphatic carbocycles. The average molecular weight is 383 g/mol. The number of aromatic nitrogens is 2. The van der Waals surface area contributed by atoms with Gasteiger partial charge in [-0.05, 0) is 42.8 Å². The number of piperazine rings is 1. The quantitative estimate of drug-likeness (QED) is 0.733. The number of carbonyl (C=O) groups is 1. The number of methoxy groups -OCH3 is 1. The minimum Gasteiger partial charge on any atom is -0.497 e. The molecule has 28 heavy (non-hydrogen) atoms. The third-order valence-electron chi connectivity index (χ3n) is 5.10. The minimum absolute atomic E-state index is 0.0724. The molecule has 150 valence electrons. The van der Waals surface area contributed by atoms with Crippen LogP contribution >= 0.6 is 0 Å². The number of benzene rings is 1. The summed E-state index contributed by atoms with van der Waals surface area (Å²) >= 11 is 0. The molecule has 1 aliphatic heterocycles. The number of amides is 1. The lowest BCUT2D eigenvalue weighted by molar-refractivity contribution is 0.0786. The van der Waals surface area contributed by atoms with Crippen LogP contribution in [0.4, 0.5) is 11.5 Å². The Morgan fingerprint density at radius 3 is 2.29 bits per heavy atom. The Bertz CT molecular complexity index is 755. The molecule has 2 aromatic rings. The first kappa shape index (κ1) is 19.9. The van der Waals surface area contributed by atoms with Crippen molar-refractivity contribution < 1.29 is 9.53 Å². The predicted molar refractivity (Wildman–Crippen MR) is 111 cm³/mol. The summed E-state index contributed by atoms with van der Waals surface area (Å²) in [5.74, 6) is 1.62. The molecule has 0 atom stereocenters. The molecule has 2 heterocycles. The number of hydrogen-bond acceptors (Lipinski definition) is 6. The van der Waals surface area contributed by atoms with Crippen molar-refractivity contribution in [3.63, 3.8) is 0 Å². The number of carbonyl (C=O) groups excluding carboxylic acids is 1. The maximum absolute atomic E-state index is 12.4. The smallest absolute Gasteiger partial charge is 0.274 e. The van der Waals surface area contributed by atoms with E-state index in [4.69, 9.17) is 4.74 Å². The number of unbranched alkanes of at least 4 members (excludes halogenated alkanes) is 1. The van der Waals surface area contributed by atoms with Gasteiger partial charge in [0.1, 0.15) is 5.75 Å². The van der Waals surface area contributed by atoms with E-state index in [-0.39, 0.29) is 5.91 Å². The Balaban J connectivity index is 1.56. The molecule has 1 fully saturated rings. The highest BCUT2D eigenvalue weighted by Gasteiger charge is 2.20. The second-order valence-corrected chi connectivity index (χ2v) is 7.03. The highest BCUT2D eigenvalue weighted by Crippen LogP contribution is 2.22. The molecule has 0 N–H and O–H groups in total. The summed E-state index contributed by atoms with van der Waals surface area (Å²) in [4.78, 5) is 18.6. The molecular formula is C21H29N5O2. The van der Waals surface area contributed by atoms with Gasteiger partial charge >= 0.3 is 0 Å². The SMILES string of the molecule is CCCCN(C)C(=O)c1ccc(N2CCN(c3ccc(OC)cc3)CC2)nn1. The van der Waals surface area contributed by atoms with E-state index in [2.05, 4.69) is 39.1 Å². The van der Waals surface area contributed by atoms with E-state index in [9.17, 15) is 4.79 Å². The summed E-state index contributed by atoms with van der Waals surface area (Å²) in [6, 6.07) is 11.8. The van der Waals surface area contributed by atoms with Crippen LogP contribution in [0.3, 0.4) is 0 Å². The standard InChI is InChI=1S/C21H29N5O2/c1-4-5-12-24(2)21(27)19-10-11-20(23-22-19)26-15-13-25(14-16-26)17-6-8-18(28-3)9-7-17/h6-11H,4-5,12-16H2,1-3H3. The summed E-state index contributed by atoms with van der Waals surface area (Å²) in [7, 11) is 3.49. The maximum Gasteiger partial charge on any atom is 0.274 e. The number of rotatable bonds is 7. The van der Waals surface area contributed by atoms with Crippen molar-refractivity contribution >= 4 is 17.4 Å². The van der Waals surface area contributed by atoms with Gasteiger partial charge < -0.3 is 19.4 Å².